The number of carbonyl (C=O) groups excluding carboxylic acids is 1. The van der Waals surface area contributed by atoms with Crippen LogP contribution in [0, 0.1) is 0 Å². The predicted molar refractivity (Wildman–Crippen MR) is 64.0 cm³/mol. The topological polar surface area (TPSA) is 56.8 Å². The standard InChI is InChI=1S/C11H13NO4.ClH/c1-14-8-3-7(4-9(5-8)15-2)10-6-16-11(13)12-10;/h3-5,10H,6H2,1-2H3,(H,12,13);1H/t10-;/m0./s1. The number of nitrogens with one attached hydrogen (secondary N) is 1. The number of methoxy groups -OCH3 is 2. The van der Waals surface area contributed by atoms with E-state index in [9.17, 15) is 4.79 Å². The van der Waals surface area contributed by atoms with Crippen LogP contribution in [0.2, 0.25) is 0 Å². The first-order valence-corrected chi connectivity index (χ1v) is 4.89. The molecule has 1 heterocycles. The largest absolute Gasteiger partial charge is 0.497 e. The Kier molecular flexibility index (Phi) is 4.45. The summed E-state index contributed by atoms with van der Waals surface area (Å²) in [5.41, 5.74) is 0.905. The molecule has 5 nitrogen and oxygen atoms in total. The smallest absolute Gasteiger partial charge is 0.407 e. The minimum Gasteiger partial charge on any atom is -0.497 e. The molecule has 1 aliphatic heterocycles. The van der Waals surface area contributed by atoms with E-state index in [1.54, 1.807) is 20.3 Å². The summed E-state index contributed by atoms with van der Waals surface area (Å²) in [6, 6.07) is 5.34. The second kappa shape index (κ2) is 5.63. The second-order valence-electron chi connectivity index (χ2n) is 3.44. The van der Waals surface area contributed by atoms with Crippen LogP contribution in [0.15, 0.2) is 18.2 Å². The van der Waals surface area contributed by atoms with Crippen molar-refractivity contribution in [1.29, 1.82) is 0 Å². The van der Waals surface area contributed by atoms with Crippen LogP contribution in [0.1, 0.15) is 11.6 Å². The normalized spacial score (nSPS) is 17.8. The van der Waals surface area contributed by atoms with Gasteiger partial charge >= 0.3 is 6.09 Å². The minimum atomic E-state index is -0.396. The molecule has 0 aromatic heterocycles. The average Bonchev–Trinajstić information content (AvgIpc) is 2.75. The molecule has 1 aliphatic rings. The van der Waals surface area contributed by atoms with Crippen molar-refractivity contribution in [2.75, 3.05) is 20.8 Å². The van der Waals surface area contributed by atoms with E-state index in [0.717, 1.165) is 5.56 Å². The van der Waals surface area contributed by atoms with Crippen molar-refractivity contribution in [3.63, 3.8) is 0 Å². The third-order valence-corrected chi connectivity index (χ3v) is 2.45. The predicted octanol–water partition coefficient (Wildman–Crippen LogP) is 1.91. The van der Waals surface area contributed by atoms with Gasteiger partial charge in [0.2, 0.25) is 0 Å². The Morgan fingerprint density at radius 2 is 1.82 bits per heavy atom. The van der Waals surface area contributed by atoms with Crippen LogP contribution < -0.4 is 14.8 Å². The fraction of sp³-hybridized carbons (Fsp3) is 0.364. The van der Waals surface area contributed by atoms with Crippen molar-refractivity contribution >= 4 is 18.5 Å². The van der Waals surface area contributed by atoms with Crippen LogP contribution in [0.25, 0.3) is 0 Å². The van der Waals surface area contributed by atoms with E-state index in [0.29, 0.717) is 18.1 Å². The molecular weight excluding hydrogens is 246 g/mol. The van der Waals surface area contributed by atoms with Gasteiger partial charge in [-0.25, -0.2) is 4.79 Å². The number of carbonyl (C=O) groups is 1. The van der Waals surface area contributed by atoms with Crippen LogP contribution >= 0.6 is 12.4 Å². The maximum Gasteiger partial charge on any atom is 0.407 e. The Bertz CT molecular complexity index is 388. The van der Waals surface area contributed by atoms with Crippen molar-refractivity contribution in [2.45, 2.75) is 6.04 Å². The zero-order valence-corrected chi connectivity index (χ0v) is 10.4. The summed E-state index contributed by atoms with van der Waals surface area (Å²) in [6.45, 7) is 0.329. The highest BCUT2D eigenvalue weighted by Crippen LogP contribution is 2.28. The number of amides is 1. The van der Waals surface area contributed by atoms with Gasteiger partial charge in [0.1, 0.15) is 18.1 Å². The first kappa shape index (κ1) is 13.4. The molecule has 1 N–H and O–H groups in total. The highest BCUT2D eigenvalue weighted by molar-refractivity contribution is 5.85. The molecule has 0 spiro atoms. The van der Waals surface area contributed by atoms with Gasteiger partial charge in [-0.1, -0.05) is 0 Å². The lowest BCUT2D eigenvalue weighted by molar-refractivity contribution is 0.177. The summed E-state index contributed by atoms with van der Waals surface area (Å²) in [5.74, 6) is 1.38. The molecule has 1 aromatic rings. The minimum absolute atomic E-state index is 0. The van der Waals surface area contributed by atoms with E-state index in [-0.39, 0.29) is 18.4 Å². The van der Waals surface area contributed by atoms with E-state index in [1.165, 1.54) is 0 Å². The fourth-order valence-electron chi connectivity index (χ4n) is 1.59. The molecule has 1 aromatic carbocycles. The van der Waals surface area contributed by atoms with E-state index in [4.69, 9.17) is 14.2 Å². The molecule has 1 amide bonds. The van der Waals surface area contributed by atoms with Crippen LogP contribution in [-0.2, 0) is 4.74 Å². The van der Waals surface area contributed by atoms with Crippen LogP contribution in [0.3, 0.4) is 0 Å². The summed E-state index contributed by atoms with van der Waals surface area (Å²) < 4.78 is 15.1. The van der Waals surface area contributed by atoms with Crippen molar-refractivity contribution < 1.29 is 19.0 Å². The van der Waals surface area contributed by atoms with Gasteiger partial charge in [0, 0.05) is 6.07 Å². The number of hydrogen-bond acceptors (Lipinski definition) is 4. The summed E-state index contributed by atoms with van der Waals surface area (Å²) >= 11 is 0. The monoisotopic (exact) mass is 259 g/mol. The van der Waals surface area contributed by atoms with E-state index in [1.807, 2.05) is 12.1 Å². The van der Waals surface area contributed by atoms with Gasteiger partial charge in [-0.05, 0) is 17.7 Å². The van der Waals surface area contributed by atoms with Crippen molar-refractivity contribution in [3.05, 3.63) is 23.8 Å². The molecule has 0 radical (unpaired) electrons. The van der Waals surface area contributed by atoms with Crippen molar-refractivity contribution in [3.8, 4) is 11.5 Å². The van der Waals surface area contributed by atoms with Gasteiger partial charge < -0.3 is 19.5 Å². The second-order valence-corrected chi connectivity index (χ2v) is 3.44. The summed E-state index contributed by atoms with van der Waals surface area (Å²) in [4.78, 5) is 10.9. The molecule has 1 atom stereocenters. The Labute approximate surface area is 105 Å². The maximum atomic E-state index is 10.9. The fourth-order valence-corrected chi connectivity index (χ4v) is 1.59. The first-order chi connectivity index (χ1) is 7.72. The van der Waals surface area contributed by atoms with Gasteiger partial charge in [0.15, 0.2) is 0 Å². The number of halogens is 1. The van der Waals surface area contributed by atoms with Gasteiger partial charge in [-0.15, -0.1) is 12.4 Å². The molecule has 0 unspecified atom stereocenters. The molecule has 94 valence electrons. The van der Waals surface area contributed by atoms with Gasteiger partial charge in [-0.3, -0.25) is 0 Å². The molecule has 2 rings (SSSR count). The van der Waals surface area contributed by atoms with E-state index in [2.05, 4.69) is 5.32 Å². The Hall–Kier alpha value is -1.62. The summed E-state index contributed by atoms with van der Waals surface area (Å²) in [7, 11) is 3.17. The third kappa shape index (κ3) is 2.94. The van der Waals surface area contributed by atoms with Crippen molar-refractivity contribution in [2.24, 2.45) is 0 Å². The Balaban J connectivity index is 0.00000144. The molecular formula is C11H14ClNO4. The molecule has 17 heavy (non-hydrogen) atoms. The Morgan fingerprint density at radius 1 is 1.24 bits per heavy atom. The number of benzene rings is 1. The van der Waals surface area contributed by atoms with E-state index < -0.39 is 6.09 Å². The third-order valence-electron chi connectivity index (χ3n) is 2.45. The molecule has 1 fully saturated rings. The molecule has 0 aliphatic carbocycles. The average molecular weight is 260 g/mol. The van der Waals surface area contributed by atoms with E-state index >= 15 is 0 Å². The van der Waals surface area contributed by atoms with Gasteiger partial charge in [0.25, 0.3) is 0 Å². The van der Waals surface area contributed by atoms with Crippen LogP contribution in [-0.4, -0.2) is 26.9 Å². The quantitative estimate of drug-likeness (QED) is 0.901. The first-order valence-electron chi connectivity index (χ1n) is 4.89. The molecule has 0 bridgehead atoms. The van der Waals surface area contributed by atoms with Gasteiger partial charge in [-0.2, -0.15) is 0 Å². The van der Waals surface area contributed by atoms with Crippen molar-refractivity contribution in [1.82, 2.24) is 5.32 Å². The lowest BCUT2D eigenvalue weighted by Gasteiger charge is -2.11. The number of alkyl carbamates (subject to hydrolysis) is 1. The summed E-state index contributed by atoms with van der Waals surface area (Å²) in [6.07, 6.45) is -0.396. The lowest BCUT2D eigenvalue weighted by Crippen LogP contribution is -2.18. The molecule has 1 saturated heterocycles. The zero-order chi connectivity index (χ0) is 11.5. The SMILES string of the molecule is COc1cc(OC)cc([C@@H]2COC(=O)N2)c1.Cl. The highest BCUT2D eigenvalue weighted by atomic mass is 35.5. The highest BCUT2D eigenvalue weighted by Gasteiger charge is 2.24. The number of hydrogen-bond donors (Lipinski definition) is 1. The zero-order valence-electron chi connectivity index (χ0n) is 9.56. The lowest BCUT2D eigenvalue weighted by atomic mass is 10.1. The Morgan fingerprint density at radius 3 is 2.24 bits per heavy atom. The van der Waals surface area contributed by atoms with Crippen LogP contribution in [0.4, 0.5) is 4.79 Å². The van der Waals surface area contributed by atoms with Gasteiger partial charge in [0.05, 0.1) is 20.3 Å². The number of rotatable bonds is 3. The molecule has 0 saturated carbocycles. The number of ether oxygens (including phenoxy) is 3. The van der Waals surface area contributed by atoms with Crippen LogP contribution in [0.5, 0.6) is 11.5 Å². The summed E-state index contributed by atoms with van der Waals surface area (Å²) in [5, 5.41) is 2.70. The number of cyclic esters (lactones) is 1. The molecule has 6 heteroatoms. The maximum absolute atomic E-state index is 10.9.